The van der Waals surface area contributed by atoms with Crippen molar-refractivity contribution >= 4 is 21.8 Å². The fraction of sp³-hybridized carbons (Fsp3) is 0.500. The fourth-order valence-corrected chi connectivity index (χ4v) is 4.53. The first-order valence-electron chi connectivity index (χ1n) is 5.95. The third kappa shape index (κ3) is 2.88. The van der Waals surface area contributed by atoms with E-state index in [9.17, 15) is 8.42 Å². The lowest BCUT2D eigenvalue weighted by atomic mass is 10.1. The van der Waals surface area contributed by atoms with E-state index >= 15 is 0 Å². The number of hydrogen-bond donors (Lipinski definition) is 1. The Hall–Kier alpha value is -0.560. The van der Waals surface area contributed by atoms with Crippen molar-refractivity contribution in [3.05, 3.63) is 29.8 Å². The molecule has 1 aromatic carbocycles. The van der Waals surface area contributed by atoms with E-state index in [1.165, 1.54) is 0 Å². The molecular formula is C12H18N2O2S2. The van der Waals surface area contributed by atoms with Gasteiger partial charge in [0.05, 0.1) is 4.90 Å². The molecule has 0 aliphatic carbocycles. The van der Waals surface area contributed by atoms with Gasteiger partial charge in [-0.15, -0.1) is 0 Å². The highest BCUT2D eigenvalue weighted by atomic mass is 32.2. The van der Waals surface area contributed by atoms with Crippen LogP contribution in [0.25, 0.3) is 0 Å². The van der Waals surface area contributed by atoms with E-state index in [1.54, 1.807) is 34.3 Å². The van der Waals surface area contributed by atoms with Crippen molar-refractivity contribution in [1.29, 1.82) is 0 Å². The fourth-order valence-electron chi connectivity index (χ4n) is 1.89. The van der Waals surface area contributed by atoms with Crippen molar-refractivity contribution in [3.63, 3.8) is 0 Å². The molecule has 0 saturated carbocycles. The Morgan fingerprint density at radius 3 is 2.61 bits per heavy atom. The number of sulfonamides is 1. The van der Waals surface area contributed by atoms with Gasteiger partial charge in [0, 0.05) is 30.6 Å². The second-order valence-corrected chi connectivity index (χ2v) is 7.54. The van der Waals surface area contributed by atoms with E-state index < -0.39 is 10.0 Å². The van der Waals surface area contributed by atoms with Crippen molar-refractivity contribution in [3.8, 4) is 0 Å². The van der Waals surface area contributed by atoms with Gasteiger partial charge in [-0.05, 0) is 24.6 Å². The molecule has 2 rings (SSSR count). The number of nitrogens with zero attached hydrogens (tertiary/aromatic N) is 1. The van der Waals surface area contributed by atoms with Crippen molar-refractivity contribution in [1.82, 2.24) is 4.31 Å². The largest absolute Gasteiger partial charge is 0.324 e. The number of thioether (sulfide) groups is 1. The summed E-state index contributed by atoms with van der Waals surface area (Å²) < 4.78 is 26.4. The van der Waals surface area contributed by atoms with Crippen LogP contribution in [0.5, 0.6) is 0 Å². The number of rotatable bonds is 3. The molecule has 1 saturated heterocycles. The van der Waals surface area contributed by atoms with E-state index in [1.807, 2.05) is 13.0 Å². The Morgan fingerprint density at radius 2 is 2.00 bits per heavy atom. The summed E-state index contributed by atoms with van der Waals surface area (Å²) in [4.78, 5) is 0.351. The van der Waals surface area contributed by atoms with E-state index in [-0.39, 0.29) is 6.04 Å². The number of benzene rings is 1. The maximum atomic E-state index is 12.4. The van der Waals surface area contributed by atoms with Crippen LogP contribution in [0.15, 0.2) is 29.2 Å². The standard InChI is InChI=1S/C12H18N2O2S2/c1-10(13)11-3-2-4-12(9-11)18(15,16)14-5-7-17-8-6-14/h2-4,9-10H,5-8,13H2,1H3. The average Bonchev–Trinajstić information content (AvgIpc) is 2.40. The molecule has 6 heteroatoms. The smallest absolute Gasteiger partial charge is 0.243 e. The summed E-state index contributed by atoms with van der Waals surface area (Å²) in [6.45, 7) is 3.04. The summed E-state index contributed by atoms with van der Waals surface area (Å²) in [5, 5.41) is 0. The zero-order valence-corrected chi connectivity index (χ0v) is 12.0. The summed E-state index contributed by atoms with van der Waals surface area (Å²) in [5.74, 6) is 1.73. The zero-order chi connectivity index (χ0) is 13.2. The Labute approximate surface area is 113 Å². The Morgan fingerprint density at radius 1 is 1.33 bits per heavy atom. The first kappa shape index (κ1) is 13.9. The van der Waals surface area contributed by atoms with Gasteiger partial charge in [-0.25, -0.2) is 8.42 Å². The third-order valence-electron chi connectivity index (χ3n) is 2.99. The minimum absolute atomic E-state index is 0.155. The van der Waals surface area contributed by atoms with Gasteiger partial charge in [0.25, 0.3) is 0 Å². The predicted molar refractivity (Wildman–Crippen MR) is 75.1 cm³/mol. The predicted octanol–water partition coefficient (Wildman–Crippen LogP) is 1.44. The normalized spacial score (nSPS) is 19.7. The first-order valence-corrected chi connectivity index (χ1v) is 8.55. The van der Waals surface area contributed by atoms with Crippen LogP contribution in [-0.2, 0) is 10.0 Å². The molecule has 0 spiro atoms. The molecule has 0 amide bonds. The second-order valence-electron chi connectivity index (χ2n) is 4.38. The molecule has 0 bridgehead atoms. The maximum absolute atomic E-state index is 12.4. The van der Waals surface area contributed by atoms with Gasteiger partial charge in [0.15, 0.2) is 0 Å². The van der Waals surface area contributed by atoms with Crippen molar-refractivity contribution < 1.29 is 8.42 Å². The van der Waals surface area contributed by atoms with Crippen molar-refractivity contribution in [2.75, 3.05) is 24.6 Å². The monoisotopic (exact) mass is 286 g/mol. The Bertz CT molecular complexity index is 509. The minimum Gasteiger partial charge on any atom is -0.324 e. The molecule has 100 valence electrons. The van der Waals surface area contributed by atoms with Crippen LogP contribution in [-0.4, -0.2) is 37.3 Å². The second kappa shape index (κ2) is 5.61. The van der Waals surface area contributed by atoms with Gasteiger partial charge in [-0.3, -0.25) is 0 Å². The highest BCUT2D eigenvalue weighted by Crippen LogP contribution is 2.22. The molecule has 1 fully saturated rings. The summed E-state index contributed by atoms with van der Waals surface area (Å²) in [7, 11) is -3.35. The summed E-state index contributed by atoms with van der Waals surface area (Å²) in [5.41, 5.74) is 6.64. The Kier molecular flexibility index (Phi) is 4.32. The lowest BCUT2D eigenvalue weighted by Crippen LogP contribution is -2.37. The summed E-state index contributed by atoms with van der Waals surface area (Å²) >= 11 is 1.79. The molecule has 0 aromatic heterocycles. The van der Waals surface area contributed by atoms with Gasteiger partial charge in [-0.1, -0.05) is 12.1 Å². The molecule has 0 radical (unpaired) electrons. The maximum Gasteiger partial charge on any atom is 0.243 e. The molecule has 1 aromatic rings. The third-order valence-corrected chi connectivity index (χ3v) is 5.83. The minimum atomic E-state index is -3.35. The average molecular weight is 286 g/mol. The lowest BCUT2D eigenvalue weighted by Gasteiger charge is -2.25. The lowest BCUT2D eigenvalue weighted by molar-refractivity contribution is 0.443. The van der Waals surface area contributed by atoms with E-state index in [0.29, 0.717) is 18.0 Å². The molecule has 4 nitrogen and oxygen atoms in total. The van der Waals surface area contributed by atoms with Gasteiger partial charge in [0.1, 0.15) is 0 Å². The van der Waals surface area contributed by atoms with Crippen LogP contribution >= 0.6 is 11.8 Å². The highest BCUT2D eigenvalue weighted by molar-refractivity contribution is 7.99. The van der Waals surface area contributed by atoms with E-state index in [2.05, 4.69) is 0 Å². The number of hydrogen-bond acceptors (Lipinski definition) is 4. The zero-order valence-electron chi connectivity index (χ0n) is 10.4. The van der Waals surface area contributed by atoms with Gasteiger partial charge < -0.3 is 5.73 Å². The molecule has 1 atom stereocenters. The van der Waals surface area contributed by atoms with Crippen LogP contribution in [0, 0.1) is 0 Å². The molecule has 2 N–H and O–H groups in total. The van der Waals surface area contributed by atoms with Crippen molar-refractivity contribution in [2.45, 2.75) is 17.9 Å². The molecule has 1 aliphatic rings. The van der Waals surface area contributed by atoms with Gasteiger partial charge in [0.2, 0.25) is 10.0 Å². The van der Waals surface area contributed by atoms with Gasteiger partial charge in [-0.2, -0.15) is 16.1 Å². The van der Waals surface area contributed by atoms with E-state index in [4.69, 9.17) is 5.73 Å². The van der Waals surface area contributed by atoms with Crippen LogP contribution in [0.4, 0.5) is 0 Å². The SMILES string of the molecule is CC(N)c1cccc(S(=O)(=O)N2CCSCC2)c1. The van der Waals surface area contributed by atoms with Crippen LogP contribution in [0.2, 0.25) is 0 Å². The van der Waals surface area contributed by atoms with Crippen LogP contribution < -0.4 is 5.73 Å². The molecule has 1 aliphatic heterocycles. The molecule has 18 heavy (non-hydrogen) atoms. The first-order chi connectivity index (χ1) is 8.51. The van der Waals surface area contributed by atoms with Crippen LogP contribution in [0.1, 0.15) is 18.5 Å². The summed E-state index contributed by atoms with van der Waals surface area (Å²) in [6, 6.07) is 6.78. The topological polar surface area (TPSA) is 63.4 Å². The van der Waals surface area contributed by atoms with Crippen LogP contribution in [0.3, 0.4) is 0 Å². The Balaban J connectivity index is 2.31. The molecule has 1 heterocycles. The quantitative estimate of drug-likeness (QED) is 0.913. The summed E-state index contributed by atoms with van der Waals surface area (Å²) in [6.07, 6.45) is 0. The van der Waals surface area contributed by atoms with Gasteiger partial charge >= 0.3 is 0 Å². The molecular weight excluding hydrogens is 268 g/mol. The number of nitrogens with two attached hydrogens (primary N) is 1. The molecule has 1 unspecified atom stereocenters. The van der Waals surface area contributed by atoms with Crippen molar-refractivity contribution in [2.24, 2.45) is 5.73 Å². The highest BCUT2D eigenvalue weighted by Gasteiger charge is 2.26. The van der Waals surface area contributed by atoms with E-state index in [0.717, 1.165) is 17.1 Å².